The van der Waals surface area contributed by atoms with Crippen LogP contribution in [0.3, 0.4) is 0 Å². The molecule has 0 spiro atoms. The molecule has 1 amide bonds. The number of aliphatic hydroxyl groups is 1. The fourth-order valence-corrected chi connectivity index (χ4v) is 10.1. The van der Waals surface area contributed by atoms with Gasteiger partial charge in [0.05, 0.1) is 0 Å². The number of benzene rings is 1. The lowest BCUT2D eigenvalue weighted by Gasteiger charge is -2.14. The zero-order valence-corrected chi connectivity index (χ0v) is 55.0. The van der Waals surface area contributed by atoms with Crippen molar-refractivity contribution in [2.75, 3.05) is 20.3 Å². The van der Waals surface area contributed by atoms with Crippen molar-refractivity contribution < 1.29 is 24.2 Å². The van der Waals surface area contributed by atoms with Gasteiger partial charge >= 0.3 is 0 Å². The molecule has 472 valence electrons. The molecule has 0 aliphatic heterocycles. The Hall–Kier alpha value is -2.05. The monoisotopic (exact) mass is 1120 g/mol. The van der Waals surface area contributed by atoms with Crippen LogP contribution < -0.4 is 5.73 Å². The van der Waals surface area contributed by atoms with Crippen molar-refractivity contribution in [3.05, 3.63) is 34.9 Å². The van der Waals surface area contributed by atoms with Gasteiger partial charge in [-0.1, -0.05) is 346 Å². The molecule has 0 saturated heterocycles. The van der Waals surface area contributed by atoms with Crippen molar-refractivity contribution in [1.29, 1.82) is 0 Å². The van der Waals surface area contributed by atoms with Crippen LogP contribution >= 0.6 is 0 Å². The minimum absolute atomic E-state index is 0. The Labute approximate surface area is 497 Å². The largest absolute Gasteiger partial charge is 0.396 e. The first kappa shape index (κ1) is 85.7. The third-order valence-corrected chi connectivity index (χ3v) is 16.3. The molecule has 5 atom stereocenters. The second-order valence-corrected chi connectivity index (χ2v) is 24.3. The van der Waals surface area contributed by atoms with Crippen molar-refractivity contribution in [3.8, 4) is 0 Å². The average Bonchev–Trinajstić information content (AvgIpc) is 3.44. The Morgan fingerprint density at radius 3 is 1.10 bits per heavy atom. The number of carbonyl (C=O) groups excluding carboxylic acids is 3. The van der Waals surface area contributed by atoms with E-state index in [4.69, 9.17) is 14.6 Å². The lowest BCUT2D eigenvalue weighted by atomic mass is 9.90. The minimum Gasteiger partial charge on any atom is -0.396 e. The molecule has 0 fully saturated rings. The Kier molecular flexibility index (Phi) is 78.2. The highest BCUT2D eigenvalue weighted by Crippen LogP contribution is 2.23. The fourth-order valence-electron chi connectivity index (χ4n) is 10.1. The number of hydrogen-bond acceptors (Lipinski definition) is 5. The number of nitrogens with two attached hydrogens (primary N) is 1. The van der Waals surface area contributed by atoms with Gasteiger partial charge in [-0.3, -0.25) is 14.4 Å². The Bertz CT molecular complexity index is 1320. The molecule has 1 rings (SSSR count). The van der Waals surface area contributed by atoms with E-state index in [2.05, 4.69) is 68.0 Å². The summed E-state index contributed by atoms with van der Waals surface area (Å²) in [5.41, 5.74) is 6.49. The van der Waals surface area contributed by atoms with Gasteiger partial charge in [-0.25, -0.2) is 0 Å². The highest BCUT2D eigenvalue weighted by molar-refractivity contribution is 6.04. The molecule has 0 aliphatic carbocycles. The number of amides is 1. The molecule has 0 bridgehead atoms. The van der Waals surface area contributed by atoms with E-state index in [1.54, 1.807) is 7.11 Å². The quantitative estimate of drug-likeness (QED) is 0.0384. The summed E-state index contributed by atoms with van der Waals surface area (Å²) in [6.45, 7) is 25.8. The van der Waals surface area contributed by atoms with Gasteiger partial charge in [0.2, 0.25) is 6.41 Å². The predicted molar refractivity (Wildman–Crippen MR) is 354 cm³/mol. The van der Waals surface area contributed by atoms with Gasteiger partial charge in [-0.15, -0.1) is 0 Å². The fraction of sp³-hybridized carbons (Fsp3) is 0.877. The molecular weight excluding hydrogens is 971 g/mol. The maximum atomic E-state index is 12.6. The number of aldehydes is 1. The van der Waals surface area contributed by atoms with E-state index in [0.29, 0.717) is 29.6 Å². The van der Waals surface area contributed by atoms with E-state index < -0.39 is 0 Å². The van der Waals surface area contributed by atoms with Crippen LogP contribution in [0.5, 0.6) is 0 Å². The molecule has 0 aromatic heterocycles. The van der Waals surface area contributed by atoms with Crippen molar-refractivity contribution in [3.63, 3.8) is 0 Å². The van der Waals surface area contributed by atoms with E-state index >= 15 is 0 Å². The number of carbonyl (C=O) groups is 3. The Balaban J connectivity index is -0.000000329. The number of methoxy groups -OCH3 is 1. The number of primary amides is 1. The molecular formula is C73H145NO5. The van der Waals surface area contributed by atoms with E-state index in [1.165, 1.54) is 262 Å². The van der Waals surface area contributed by atoms with Gasteiger partial charge in [0.1, 0.15) is 0 Å². The van der Waals surface area contributed by atoms with E-state index in [-0.39, 0.29) is 25.5 Å². The van der Waals surface area contributed by atoms with Crippen LogP contribution in [0.1, 0.15) is 386 Å². The lowest BCUT2D eigenvalue weighted by molar-refractivity contribution is -0.106. The normalized spacial score (nSPS) is 12.6. The molecule has 0 saturated carbocycles. The van der Waals surface area contributed by atoms with Crippen LogP contribution in [0, 0.1) is 29.6 Å². The van der Waals surface area contributed by atoms with Crippen molar-refractivity contribution in [2.45, 2.75) is 366 Å². The summed E-state index contributed by atoms with van der Waals surface area (Å²) in [4.78, 5) is 32.5. The number of unbranched alkanes of at least 4 members (excludes halogenated alkanes) is 30. The number of aliphatic hydroxyl groups excluding tert-OH is 1. The zero-order valence-electron chi connectivity index (χ0n) is 55.0. The molecule has 6 heteroatoms. The van der Waals surface area contributed by atoms with Crippen molar-refractivity contribution in [1.82, 2.24) is 0 Å². The molecule has 0 heterocycles. The van der Waals surface area contributed by atoms with Gasteiger partial charge < -0.3 is 15.6 Å². The maximum absolute atomic E-state index is 12.6. The van der Waals surface area contributed by atoms with Crippen LogP contribution in [0.4, 0.5) is 0 Å². The molecule has 5 unspecified atom stereocenters. The SMILES string of the molecule is C.CCC(C)CCO.CCCCCCCCCCCCCC(C)CCC.CCCCCCCCCCCCCC(C)CCOC.CCCCCCCCCCCCCC(C)CCc1ccc(C=O)c(C(=O)C(C)CC)c1.NC=O. The summed E-state index contributed by atoms with van der Waals surface area (Å²) in [6, 6.07) is 5.81. The number of Topliss-reactive ketones (excluding diaryl/α,β-unsaturated/α-hetero) is 1. The highest BCUT2D eigenvalue weighted by atomic mass is 16.5. The zero-order chi connectivity index (χ0) is 59.0. The second kappa shape index (κ2) is 72.1. The third kappa shape index (κ3) is 66.6. The first-order chi connectivity index (χ1) is 37.9. The Morgan fingerprint density at radius 1 is 0.468 bits per heavy atom. The van der Waals surface area contributed by atoms with Crippen LogP contribution in [0.2, 0.25) is 0 Å². The highest BCUT2D eigenvalue weighted by Gasteiger charge is 2.18. The van der Waals surface area contributed by atoms with Crippen LogP contribution in [-0.4, -0.2) is 43.9 Å². The van der Waals surface area contributed by atoms with Gasteiger partial charge in [0.25, 0.3) is 0 Å². The van der Waals surface area contributed by atoms with E-state index in [1.807, 2.05) is 32.0 Å². The summed E-state index contributed by atoms with van der Waals surface area (Å²) in [5, 5.41) is 8.37. The standard InChI is InChI=1S/C29H48O2.C18H38O.C18H38.C6H14O.CH3NO.CH4/c1-5-7-8-9-10-11-12-13-14-15-16-17-24(3)18-19-26-20-21-27(23-30)28(22-26)29(31)25(4)6-2;1-4-5-6-7-8-9-10-11-12-13-14-15-18(2)16-17-19-3;1-4-6-7-8-9-10-11-12-13-14-15-17-18(3)16-5-2;1-3-6(2)4-5-7;2-1-3;/h20-25H,5-19H2,1-4H3;18H,4-17H2,1-3H3;18H,4-17H2,1-3H3;6-7H,3-5H2,1-2H3;1H,(H2,2,3);1H4. The predicted octanol–water partition coefficient (Wildman–Crippen LogP) is 23.6. The van der Waals surface area contributed by atoms with Crippen LogP contribution in [0.15, 0.2) is 18.2 Å². The molecule has 6 nitrogen and oxygen atoms in total. The van der Waals surface area contributed by atoms with Gasteiger partial charge in [-0.2, -0.15) is 0 Å². The molecule has 0 radical (unpaired) electrons. The van der Waals surface area contributed by atoms with Crippen molar-refractivity contribution >= 4 is 18.5 Å². The first-order valence-corrected chi connectivity index (χ1v) is 34.2. The van der Waals surface area contributed by atoms with Gasteiger partial charge in [-0.05, 0) is 67.4 Å². The summed E-state index contributed by atoms with van der Waals surface area (Å²) in [7, 11) is 1.80. The summed E-state index contributed by atoms with van der Waals surface area (Å²) >= 11 is 0. The van der Waals surface area contributed by atoms with Crippen molar-refractivity contribution in [2.24, 2.45) is 35.3 Å². The number of rotatable bonds is 51. The third-order valence-electron chi connectivity index (χ3n) is 16.3. The number of ketones is 1. The Morgan fingerprint density at radius 2 is 0.810 bits per heavy atom. The van der Waals surface area contributed by atoms with Crippen LogP contribution in [-0.2, 0) is 16.0 Å². The lowest BCUT2D eigenvalue weighted by Crippen LogP contribution is -2.13. The number of aryl methyl sites for hydroxylation is 1. The second-order valence-electron chi connectivity index (χ2n) is 24.3. The molecule has 1 aromatic carbocycles. The smallest absolute Gasteiger partial charge is 0.204 e. The molecule has 3 N–H and O–H groups in total. The van der Waals surface area contributed by atoms with E-state index in [0.717, 1.165) is 50.4 Å². The number of ether oxygens (including phenoxy) is 1. The van der Waals surface area contributed by atoms with E-state index in [9.17, 15) is 9.59 Å². The molecule has 79 heavy (non-hydrogen) atoms. The molecule has 1 aromatic rings. The number of hydrogen-bond donors (Lipinski definition) is 2. The van der Waals surface area contributed by atoms with Gasteiger partial charge in [0.15, 0.2) is 12.1 Å². The topological polar surface area (TPSA) is 107 Å². The summed E-state index contributed by atoms with van der Waals surface area (Å²) in [6.07, 6.45) is 61.6. The molecule has 0 aliphatic rings. The van der Waals surface area contributed by atoms with Gasteiger partial charge in [0, 0.05) is 37.4 Å². The maximum Gasteiger partial charge on any atom is 0.204 e. The summed E-state index contributed by atoms with van der Waals surface area (Å²) in [5.74, 6) is 3.28. The van der Waals surface area contributed by atoms with Crippen LogP contribution in [0.25, 0.3) is 0 Å². The first-order valence-electron chi connectivity index (χ1n) is 34.2. The minimum atomic E-state index is -0.0334. The average molecular weight is 1120 g/mol. The summed E-state index contributed by atoms with van der Waals surface area (Å²) < 4.78 is 5.12.